The van der Waals surface area contributed by atoms with Gasteiger partial charge >= 0.3 is 0 Å². The van der Waals surface area contributed by atoms with E-state index in [-0.39, 0.29) is 5.41 Å². The summed E-state index contributed by atoms with van der Waals surface area (Å²) in [5.41, 5.74) is 8.41. The van der Waals surface area contributed by atoms with Crippen molar-refractivity contribution in [3.8, 4) is 33.8 Å². The summed E-state index contributed by atoms with van der Waals surface area (Å²) in [5.74, 6) is 1.93. The first-order valence-electron chi connectivity index (χ1n) is 24.6. The van der Waals surface area contributed by atoms with Gasteiger partial charge in [-0.3, -0.25) is 0 Å². The molecule has 0 fully saturated rings. The van der Waals surface area contributed by atoms with E-state index in [9.17, 15) is 0 Å². The molecular weight excluding hydrogens is 749 g/mol. The summed E-state index contributed by atoms with van der Waals surface area (Å²) in [6, 6.07) is 23.4. The summed E-state index contributed by atoms with van der Waals surface area (Å²) < 4.78 is 17.4. The summed E-state index contributed by atoms with van der Waals surface area (Å²) >= 11 is 0. The first-order valence-corrected chi connectivity index (χ1v) is 24.6. The highest BCUT2D eigenvalue weighted by molar-refractivity contribution is 5.85. The molecule has 0 atom stereocenters. The van der Waals surface area contributed by atoms with Crippen molar-refractivity contribution in [2.24, 2.45) is 0 Å². The van der Waals surface area contributed by atoms with Crippen LogP contribution in [0.5, 0.6) is 11.5 Å². The van der Waals surface area contributed by atoms with Crippen LogP contribution in [0.3, 0.4) is 0 Å². The number of hydrogen-bond acceptors (Lipinski definition) is 2. The van der Waals surface area contributed by atoms with E-state index in [0.717, 1.165) is 55.5 Å². The first-order chi connectivity index (χ1) is 28.8. The van der Waals surface area contributed by atoms with E-state index in [1.165, 1.54) is 157 Å². The highest BCUT2D eigenvalue weighted by Crippen LogP contribution is 2.55. The largest absolute Gasteiger partial charge is 0.494 e. The van der Waals surface area contributed by atoms with E-state index in [4.69, 9.17) is 9.47 Å². The number of unbranched alkanes of at least 4 members (excludes halogenated alkanes) is 12. The maximum Gasteiger partial charge on any atom is 0.127 e. The normalized spacial score (nSPS) is 14.0. The molecule has 61 heavy (non-hydrogen) atoms. The van der Waals surface area contributed by atoms with Gasteiger partial charge in [0, 0.05) is 11.0 Å². The molecule has 0 spiro atoms. The molecule has 0 bridgehead atoms. The molecule has 0 heterocycles. The predicted octanol–water partition coefficient (Wildman–Crippen LogP) is 12.2. The van der Waals surface area contributed by atoms with Gasteiger partial charge in [0.2, 0.25) is 0 Å². The molecule has 3 aromatic rings. The SMILES string of the molecule is C[N+](C)(C)CCCCCCOc1ccc(OCCCCCC[N+](C)(C)C)c(-c2ccc3c(c2)C(CCCCCC[N+](C)(C)C)(CCCCCC[N+](C)(C)C)c2ccccc2-3)c1. The van der Waals surface area contributed by atoms with Gasteiger partial charge in [0.15, 0.2) is 0 Å². The molecule has 3 aromatic carbocycles. The van der Waals surface area contributed by atoms with Crippen molar-refractivity contribution in [2.45, 2.75) is 121 Å². The number of rotatable bonds is 31. The second kappa shape index (κ2) is 23.7. The molecule has 342 valence electrons. The number of quaternary nitrogens is 4. The number of nitrogens with zero attached hydrogens (tertiary/aromatic N) is 4. The molecule has 4 rings (SSSR count). The Morgan fingerprint density at radius 1 is 0.377 bits per heavy atom. The second-order valence-corrected chi connectivity index (χ2v) is 23.0. The Balaban J connectivity index is 1.61. The van der Waals surface area contributed by atoms with Crippen molar-refractivity contribution >= 4 is 0 Å². The summed E-state index contributed by atoms with van der Waals surface area (Å²) in [7, 11) is 27.6. The topological polar surface area (TPSA) is 18.5 Å². The van der Waals surface area contributed by atoms with Gasteiger partial charge < -0.3 is 27.4 Å². The Morgan fingerprint density at radius 2 is 0.820 bits per heavy atom. The lowest BCUT2D eigenvalue weighted by molar-refractivity contribution is -0.870. The third-order valence-electron chi connectivity index (χ3n) is 12.9. The van der Waals surface area contributed by atoms with Gasteiger partial charge in [-0.05, 0) is 142 Å². The Kier molecular flexibility index (Phi) is 19.7. The third-order valence-corrected chi connectivity index (χ3v) is 12.9. The molecule has 6 nitrogen and oxygen atoms in total. The zero-order valence-corrected chi connectivity index (χ0v) is 41.8. The molecule has 1 aliphatic carbocycles. The summed E-state index contributed by atoms with van der Waals surface area (Å²) in [6.45, 7) is 6.43. The summed E-state index contributed by atoms with van der Waals surface area (Å²) in [6.07, 6.45) is 22.4. The van der Waals surface area contributed by atoms with Crippen LogP contribution in [0, 0.1) is 0 Å². The fraction of sp³-hybridized carbons (Fsp3) is 0.673. The van der Waals surface area contributed by atoms with Crippen molar-refractivity contribution in [1.82, 2.24) is 0 Å². The molecule has 1 aliphatic rings. The minimum Gasteiger partial charge on any atom is -0.494 e. The van der Waals surface area contributed by atoms with E-state index >= 15 is 0 Å². The lowest BCUT2D eigenvalue weighted by Crippen LogP contribution is -2.35. The van der Waals surface area contributed by atoms with Crippen LogP contribution in [0.4, 0.5) is 0 Å². The van der Waals surface area contributed by atoms with Crippen LogP contribution in [0.25, 0.3) is 22.3 Å². The zero-order valence-electron chi connectivity index (χ0n) is 41.8. The fourth-order valence-corrected chi connectivity index (χ4v) is 9.43. The molecule has 0 saturated heterocycles. The Labute approximate surface area is 376 Å². The smallest absolute Gasteiger partial charge is 0.127 e. The molecule has 6 heteroatoms. The maximum atomic E-state index is 6.71. The minimum absolute atomic E-state index is 0.0227. The predicted molar refractivity (Wildman–Crippen MR) is 264 cm³/mol. The average Bonchev–Trinajstić information content (AvgIpc) is 3.44. The highest BCUT2D eigenvalue weighted by atomic mass is 16.5. The number of hydrogen-bond donors (Lipinski definition) is 0. The maximum absolute atomic E-state index is 6.71. The Morgan fingerprint density at radius 3 is 1.33 bits per heavy atom. The van der Waals surface area contributed by atoms with Gasteiger partial charge in [-0.15, -0.1) is 0 Å². The lowest BCUT2D eigenvalue weighted by Gasteiger charge is -2.33. The molecule has 0 aromatic heterocycles. The molecule has 0 aliphatic heterocycles. The van der Waals surface area contributed by atoms with Crippen LogP contribution in [0.15, 0.2) is 60.7 Å². The van der Waals surface area contributed by atoms with Gasteiger partial charge in [0.05, 0.1) is 124 Å². The second-order valence-electron chi connectivity index (χ2n) is 23.0. The third kappa shape index (κ3) is 18.0. The van der Waals surface area contributed by atoms with Crippen molar-refractivity contribution < 1.29 is 27.4 Å². The zero-order chi connectivity index (χ0) is 44.6. The lowest BCUT2D eigenvalue weighted by atomic mass is 9.70. The van der Waals surface area contributed by atoms with Gasteiger partial charge in [0.25, 0.3) is 0 Å². The molecular formula is C55H94N4O2+4. The van der Waals surface area contributed by atoms with Gasteiger partial charge in [-0.1, -0.05) is 62.1 Å². The standard InChI is InChI=1S/C55H94N4O2/c1-56(2,3)39-25-15-13-23-37-55(38-24-14-16-26-40-57(4,5)6)52-32-22-21-31-49(52)50-35-33-47(45-53(50)55)51-46-48(60-43-29-19-17-27-41-58(7,8)9)34-36-54(51)61-44-30-20-18-28-42-59(10,11)12/h21-22,31-36,45-46H,13-20,23-30,37-44H2,1-12H3/q+4. The Bertz CT molecular complexity index is 1700. The Hall–Kier alpha value is -2.90. The molecule has 0 amide bonds. The first kappa shape index (κ1) is 50.7. The molecule has 0 saturated carbocycles. The summed E-state index contributed by atoms with van der Waals surface area (Å²) in [5, 5.41) is 0. The van der Waals surface area contributed by atoms with E-state index in [1.54, 1.807) is 5.56 Å². The monoisotopic (exact) mass is 843 g/mol. The van der Waals surface area contributed by atoms with Crippen LogP contribution in [0.1, 0.15) is 127 Å². The minimum atomic E-state index is 0.0227. The molecule has 0 N–H and O–H groups in total. The van der Waals surface area contributed by atoms with E-state index in [0.29, 0.717) is 0 Å². The van der Waals surface area contributed by atoms with E-state index < -0.39 is 0 Å². The van der Waals surface area contributed by atoms with Crippen LogP contribution in [0.2, 0.25) is 0 Å². The van der Waals surface area contributed by atoms with E-state index in [1.807, 2.05) is 0 Å². The highest BCUT2D eigenvalue weighted by Gasteiger charge is 2.42. The van der Waals surface area contributed by atoms with Crippen molar-refractivity contribution in [3.63, 3.8) is 0 Å². The van der Waals surface area contributed by atoms with Gasteiger partial charge in [-0.2, -0.15) is 0 Å². The number of ether oxygens (including phenoxy) is 2. The van der Waals surface area contributed by atoms with Gasteiger partial charge in [0.1, 0.15) is 11.5 Å². The molecule has 0 radical (unpaired) electrons. The number of fused-ring (bicyclic) bond motifs is 3. The molecule has 0 unspecified atom stereocenters. The fourth-order valence-electron chi connectivity index (χ4n) is 9.43. The van der Waals surface area contributed by atoms with Crippen LogP contribution in [-0.2, 0) is 5.41 Å². The van der Waals surface area contributed by atoms with Crippen LogP contribution in [-0.4, -0.2) is 142 Å². The van der Waals surface area contributed by atoms with Crippen molar-refractivity contribution in [3.05, 3.63) is 71.8 Å². The van der Waals surface area contributed by atoms with Crippen LogP contribution < -0.4 is 9.47 Å². The van der Waals surface area contributed by atoms with Crippen LogP contribution >= 0.6 is 0 Å². The summed E-state index contributed by atoms with van der Waals surface area (Å²) in [4.78, 5) is 0. The average molecular weight is 843 g/mol. The van der Waals surface area contributed by atoms with E-state index in [2.05, 4.69) is 145 Å². The van der Waals surface area contributed by atoms with Gasteiger partial charge in [-0.25, -0.2) is 0 Å². The quantitative estimate of drug-likeness (QED) is 0.0475. The van der Waals surface area contributed by atoms with Crippen molar-refractivity contribution in [1.29, 1.82) is 0 Å². The van der Waals surface area contributed by atoms with Crippen molar-refractivity contribution in [2.75, 3.05) is 124 Å². The number of benzene rings is 3.